The minimum atomic E-state index is -0.970. The maximum Gasteiger partial charge on any atom is 0.311 e. The summed E-state index contributed by atoms with van der Waals surface area (Å²) in [7, 11) is 1.49. The van der Waals surface area contributed by atoms with E-state index in [0.29, 0.717) is 23.7 Å². The Morgan fingerprint density at radius 1 is 1.03 bits per heavy atom. The molecule has 0 saturated heterocycles. The lowest BCUT2D eigenvalue weighted by Gasteiger charge is -2.60. The average Bonchev–Trinajstić information content (AvgIpc) is 2.68. The summed E-state index contributed by atoms with van der Waals surface area (Å²) in [6.45, 7) is 6.71. The number of hydrogen-bond donors (Lipinski definition) is 1. The molecule has 29 heavy (non-hydrogen) atoms. The van der Waals surface area contributed by atoms with Crippen molar-refractivity contribution in [2.45, 2.75) is 84.7 Å². The number of fused-ring (bicyclic) bond motifs is 3. The molecule has 6 nitrogen and oxygen atoms in total. The maximum absolute atomic E-state index is 12.5. The zero-order valence-electron chi connectivity index (χ0n) is 18.2. The summed E-state index contributed by atoms with van der Waals surface area (Å²) >= 11 is 0. The van der Waals surface area contributed by atoms with Crippen LogP contribution in [-0.4, -0.2) is 36.2 Å². The molecule has 0 heterocycles. The van der Waals surface area contributed by atoms with Gasteiger partial charge in [0.05, 0.1) is 25.4 Å². The fourth-order valence-corrected chi connectivity index (χ4v) is 6.78. The van der Waals surface area contributed by atoms with Crippen molar-refractivity contribution in [3.63, 3.8) is 0 Å². The fourth-order valence-electron chi connectivity index (χ4n) is 6.78. The molecule has 0 amide bonds. The zero-order chi connectivity index (χ0) is 21.4. The summed E-state index contributed by atoms with van der Waals surface area (Å²) in [6.07, 6.45) is 6.56. The van der Waals surface area contributed by atoms with Gasteiger partial charge in [0.15, 0.2) is 0 Å². The van der Waals surface area contributed by atoms with Gasteiger partial charge in [-0.15, -0.1) is 0 Å². The predicted octanol–water partition coefficient (Wildman–Crippen LogP) is 4.20. The minimum Gasteiger partial charge on any atom is -0.481 e. The van der Waals surface area contributed by atoms with Gasteiger partial charge in [-0.2, -0.15) is 0 Å². The molecule has 3 aliphatic carbocycles. The number of carboxylic acids is 1. The molecular weight excluding hydrogens is 372 g/mol. The first kappa shape index (κ1) is 22.1. The Hall–Kier alpha value is -1.59. The molecule has 0 bridgehead atoms. The van der Waals surface area contributed by atoms with Crippen LogP contribution in [0.1, 0.15) is 78.6 Å². The third-order valence-corrected chi connectivity index (χ3v) is 8.81. The van der Waals surface area contributed by atoms with E-state index < -0.39 is 17.4 Å². The molecule has 3 saturated carbocycles. The molecule has 6 heteroatoms. The standard InChI is InChI=1S/C23H36O6/c1-14-17-6-5-15-13-16(29-20(26)8-7-19(24)25)9-11-23(15,3)18(17)10-12-22(14,2)21(27)28-4/h14-18H,5-13H2,1-4H3,(H,24,25)/t14-,15+,16+,17?,18?,22-,23-/m0/s1. The van der Waals surface area contributed by atoms with Crippen LogP contribution in [0, 0.1) is 34.5 Å². The molecule has 2 unspecified atom stereocenters. The van der Waals surface area contributed by atoms with E-state index in [0.717, 1.165) is 44.9 Å². The van der Waals surface area contributed by atoms with Gasteiger partial charge in [0, 0.05) is 0 Å². The largest absolute Gasteiger partial charge is 0.481 e. The first-order valence-electron chi connectivity index (χ1n) is 11.1. The monoisotopic (exact) mass is 408 g/mol. The molecule has 3 aliphatic rings. The molecule has 0 spiro atoms. The molecule has 164 valence electrons. The molecular formula is C23H36O6. The van der Waals surface area contributed by atoms with Crippen molar-refractivity contribution < 1.29 is 29.0 Å². The smallest absolute Gasteiger partial charge is 0.311 e. The lowest BCUT2D eigenvalue weighted by atomic mass is 9.45. The van der Waals surface area contributed by atoms with Gasteiger partial charge in [-0.05, 0) is 81.0 Å². The second-order valence-electron chi connectivity index (χ2n) is 10.1. The number of esters is 2. The molecule has 0 radical (unpaired) electrons. The van der Waals surface area contributed by atoms with Crippen molar-refractivity contribution in [1.82, 2.24) is 0 Å². The van der Waals surface area contributed by atoms with E-state index in [2.05, 4.69) is 20.8 Å². The van der Waals surface area contributed by atoms with Crippen LogP contribution in [0.25, 0.3) is 0 Å². The van der Waals surface area contributed by atoms with Gasteiger partial charge in [-0.3, -0.25) is 14.4 Å². The van der Waals surface area contributed by atoms with Crippen LogP contribution in [-0.2, 0) is 23.9 Å². The van der Waals surface area contributed by atoms with E-state index in [4.69, 9.17) is 14.6 Å². The average molecular weight is 409 g/mol. The number of rotatable bonds is 5. The Morgan fingerprint density at radius 3 is 2.41 bits per heavy atom. The van der Waals surface area contributed by atoms with E-state index in [1.165, 1.54) is 7.11 Å². The number of carbonyl (C=O) groups is 3. The summed E-state index contributed by atoms with van der Waals surface area (Å²) in [5, 5.41) is 8.74. The number of aliphatic carboxylic acids is 1. The second-order valence-corrected chi connectivity index (χ2v) is 10.1. The van der Waals surface area contributed by atoms with E-state index in [1.807, 2.05) is 0 Å². The van der Waals surface area contributed by atoms with Gasteiger partial charge >= 0.3 is 17.9 Å². The van der Waals surface area contributed by atoms with Gasteiger partial charge in [0.25, 0.3) is 0 Å². The van der Waals surface area contributed by atoms with Gasteiger partial charge in [-0.1, -0.05) is 13.8 Å². The lowest BCUT2D eigenvalue weighted by Crippen LogP contribution is -2.55. The number of ether oxygens (including phenoxy) is 2. The third-order valence-electron chi connectivity index (χ3n) is 8.81. The number of hydrogen-bond acceptors (Lipinski definition) is 5. The van der Waals surface area contributed by atoms with Crippen LogP contribution in [0.3, 0.4) is 0 Å². The molecule has 0 aromatic rings. The highest BCUT2D eigenvalue weighted by atomic mass is 16.5. The van der Waals surface area contributed by atoms with Crippen LogP contribution in [0.4, 0.5) is 0 Å². The molecule has 0 aromatic carbocycles. The van der Waals surface area contributed by atoms with E-state index in [9.17, 15) is 14.4 Å². The summed E-state index contributed by atoms with van der Waals surface area (Å²) in [4.78, 5) is 35.1. The highest BCUT2D eigenvalue weighted by molar-refractivity contribution is 5.77. The quantitative estimate of drug-likeness (QED) is 0.686. The van der Waals surface area contributed by atoms with E-state index in [-0.39, 0.29) is 30.3 Å². The Labute approximate surface area is 173 Å². The van der Waals surface area contributed by atoms with Gasteiger partial charge in [-0.25, -0.2) is 0 Å². The van der Waals surface area contributed by atoms with Gasteiger partial charge in [0.1, 0.15) is 6.10 Å². The topological polar surface area (TPSA) is 89.9 Å². The lowest BCUT2D eigenvalue weighted by molar-refractivity contribution is -0.174. The molecule has 3 fully saturated rings. The van der Waals surface area contributed by atoms with E-state index >= 15 is 0 Å². The van der Waals surface area contributed by atoms with Crippen LogP contribution < -0.4 is 0 Å². The fraction of sp³-hybridized carbons (Fsp3) is 0.870. The third kappa shape index (κ3) is 4.04. The summed E-state index contributed by atoms with van der Waals surface area (Å²) in [6, 6.07) is 0. The van der Waals surface area contributed by atoms with Crippen molar-refractivity contribution in [1.29, 1.82) is 0 Å². The van der Waals surface area contributed by atoms with Crippen LogP contribution in [0.5, 0.6) is 0 Å². The highest BCUT2D eigenvalue weighted by Gasteiger charge is 2.58. The van der Waals surface area contributed by atoms with Crippen molar-refractivity contribution in [3.05, 3.63) is 0 Å². The maximum atomic E-state index is 12.5. The van der Waals surface area contributed by atoms with Crippen LogP contribution >= 0.6 is 0 Å². The van der Waals surface area contributed by atoms with Crippen molar-refractivity contribution in [2.75, 3.05) is 7.11 Å². The van der Waals surface area contributed by atoms with Crippen molar-refractivity contribution in [3.8, 4) is 0 Å². The summed E-state index contributed by atoms with van der Waals surface area (Å²) in [5.74, 6) is 0.508. The number of carboxylic acid groups (broad SMARTS) is 1. The second kappa shape index (κ2) is 8.27. The van der Waals surface area contributed by atoms with Crippen LogP contribution in [0.15, 0.2) is 0 Å². The molecule has 7 atom stereocenters. The highest BCUT2D eigenvalue weighted by Crippen LogP contribution is 2.63. The molecule has 3 rings (SSSR count). The number of carbonyl (C=O) groups excluding carboxylic acids is 2. The van der Waals surface area contributed by atoms with Crippen molar-refractivity contribution in [2.24, 2.45) is 34.5 Å². The summed E-state index contributed by atoms with van der Waals surface area (Å²) in [5.41, 5.74) is -0.172. The Kier molecular flexibility index (Phi) is 6.30. The first-order valence-corrected chi connectivity index (χ1v) is 11.1. The predicted molar refractivity (Wildman–Crippen MR) is 107 cm³/mol. The first-order chi connectivity index (χ1) is 13.6. The normalized spacial score (nSPS) is 41.6. The summed E-state index contributed by atoms with van der Waals surface area (Å²) < 4.78 is 10.7. The molecule has 0 aromatic heterocycles. The Bertz CT molecular complexity index is 660. The molecule has 0 aliphatic heterocycles. The zero-order valence-corrected chi connectivity index (χ0v) is 18.2. The minimum absolute atomic E-state index is 0.0535. The number of methoxy groups -OCH3 is 1. The van der Waals surface area contributed by atoms with Gasteiger partial charge < -0.3 is 14.6 Å². The van der Waals surface area contributed by atoms with Crippen LogP contribution in [0.2, 0.25) is 0 Å². The SMILES string of the molecule is COC(=O)[C@@]1(C)CCC2C(CC[C@@H]3C[C@H](OC(=O)CCC(=O)O)CC[C@]23C)[C@@H]1C. The molecule has 1 N–H and O–H groups in total. The van der Waals surface area contributed by atoms with Gasteiger partial charge in [0.2, 0.25) is 0 Å². The van der Waals surface area contributed by atoms with Crippen molar-refractivity contribution >= 4 is 17.9 Å². The van der Waals surface area contributed by atoms with E-state index in [1.54, 1.807) is 0 Å². The Morgan fingerprint density at radius 2 is 1.76 bits per heavy atom. The Balaban J connectivity index is 1.65.